The van der Waals surface area contributed by atoms with Crippen LogP contribution in [-0.4, -0.2) is 37.2 Å². The van der Waals surface area contributed by atoms with E-state index in [2.05, 4.69) is 10.3 Å². The molecule has 0 aromatic rings. The third kappa shape index (κ3) is 11.9. The maximum atomic E-state index is 4.29. The van der Waals surface area contributed by atoms with Gasteiger partial charge < -0.3 is 7.69 Å². The van der Waals surface area contributed by atoms with Crippen LogP contribution in [0.4, 0.5) is 0 Å². The summed E-state index contributed by atoms with van der Waals surface area (Å²) in [6.07, 6.45) is 0. The Hall–Kier alpha value is 0.686. The molecule has 2 nitrogen and oxygen atoms in total. The van der Waals surface area contributed by atoms with Crippen LogP contribution >= 0.6 is 0 Å². The van der Waals surface area contributed by atoms with Crippen molar-refractivity contribution in [1.29, 1.82) is 0 Å². The molecule has 30 valence electrons. The molecule has 0 saturated carbocycles. The summed E-state index contributed by atoms with van der Waals surface area (Å²) in [5.41, 5.74) is 2.43. The minimum atomic E-state index is 0. The molecule has 0 unspecified atom stereocenters. The second-order valence-corrected chi connectivity index (χ2v) is 0.408. The van der Waals surface area contributed by atoms with E-state index < -0.39 is 0 Å². The van der Waals surface area contributed by atoms with E-state index in [0.717, 1.165) is 0 Å². The van der Waals surface area contributed by atoms with Crippen molar-refractivity contribution in [3.05, 3.63) is 0 Å². The molecule has 0 fully saturated rings. The van der Waals surface area contributed by atoms with Gasteiger partial charge >= 0.3 is 23.1 Å². The van der Waals surface area contributed by atoms with Gasteiger partial charge in [0.2, 0.25) is 0 Å². The van der Waals surface area contributed by atoms with E-state index in [4.69, 9.17) is 0 Å². The maximum Gasteiger partial charge on any atom is 2.00 e. The van der Waals surface area contributed by atoms with Crippen LogP contribution in [0.1, 0.15) is 2.85 Å². The van der Waals surface area contributed by atoms with Gasteiger partial charge in [-0.2, -0.15) is 0 Å². The van der Waals surface area contributed by atoms with E-state index in [1.54, 1.807) is 14.2 Å². The van der Waals surface area contributed by atoms with Crippen molar-refractivity contribution < 1.29 is 7.69 Å². The van der Waals surface area contributed by atoms with Crippen molar-refractivity contribution in [2.45, 2.75) is 0 Å². The van der Waals surface area contributed by atoms with Gasteiger partial charge in [-0.1, -0.05) is 0 Å². The Kier molecular flexibility index (Phi) is 16.2. The molecule has 0 aromatic carbocycles. The van der Waals surface area contributed by atoms with Gasteiger partial charge in [-0.05, 0) is 0 Å². The summed E-state index contributed by atoms with van der Waals surface area (Å²) in [5.74, 6) is 0. The molecule has 0 aliphatic rings. The number of rotatable bonds is 1. The summed E-state index contributed by atoms with van der Waals surface area (Å²) in [7, 11) is 3.28. The first-order valence-electron chi connectivity index (χ1n) is 1.11. The van der Waals surface area contributed by atoms with Crippen molar-refractivity contribution in [2.24, 2.45) is 0 Å². The van der Waals surface area contributed by atoms with Crippen molar-refractivity contribution in [1.82, 2.24) is 5.48 Å². The predicted octanol–water partition coefficient (Wildman–Crippen LogP) is -0.389. The largest absolute Gasteiger partial charge is 2.00 e. The quantitative estimate of drug-likeness (QED) is 0.347. The number of hydroxylamine groups is 1. The van der Waals surface area contributed by atoms with Gasteiger partial charge in [-0.15, -0.1) is 0 Å². The predicted molar refractivity (Wildman–Crippen MR) is 24.0 cm³/mol. The van der Waals surface area contributed by atoms with E-state index in [1.165, 1.54) is 0 Å². The molecular formula is C2H9MgNO. The summed E-state index contributed by atoms with van der Waals surface area (Å²) < 4.78 is 0. The minimum absolute atomic E-state index is 0. The van der Waals surface area contributed by atoms with E-state index in [0.29, 0.717) is 0 Å². The van der Waals surface area contributed by atoms with Gasteiger partial charge in [0.25, 0.3) is 0 Å². The fraction of sp³-hybridized carbons (Fsp3) is 1.00. The molecule has 0 amide bonds. The molecule has 0 aliphatic heterocycles. The van der Waals surface area contributed by atoms with Crippen LogP contribution in [0.5, 0.6) is 0 Å². The summed E-state index contributed by atoms with van der Waals surface area (Å²) >= 11 is 0. The molecule has 0 aromatic heterocycles. The second kappa shape index (κ2) is 8.82. The van der Waals surface area contributed by atoms with Crippen LogP contribution in [0.3, 0.4) is 0 Å². The molecule has 0 spiro atoms. The summed E-state index contributed by atoms with van der Waals surface area (Å²) in [6.45, 7) is 0. The first kappa shape index (κ1) is 9.19. The molecule has 0 atom stereocenters. The van der Waals surface area contributed by atoms with Crippen LogP contribution in [-0.2, 0) is 4.84 Å². The van der Waals surface area contributed by atoms with Gasteiger partial charge in [0, 0.05) is 7.05 Å². The number of hydrogen-bond acceptors (Lipinski definition) is 2. The Bertz CT molecular complexity index is 17.7. The van der Waals surface area contributed by atoms with Gasteiger partial charge in [-0.25, -0.2) is 5.48 Å². The Morgan fingerprint density at radius 2 is 2.00 bits per heavy atom. The van der Waals surface area contributed by atoms with Gasteiger partial charge in [0.05, 0.1) is 7.11 Å². The van der Waals surface area contributed by atoms with E-state index in [1.807, 2.05) is 0 Å². The molecule has 0 heterocycles. The van der Waals surface area contributed by atoms with Gasteiger partial charge in [0.1, 0.15) is 0 Å². The van der Waals surface area contributed by atoms with Crippen molar-refractivity contribution in [3.63, 3.8) is 0 Å². The van der Waals surface area contributed by atoms with E-state index in [9.17, 15) is 0 Å². The van der Waals surface area contributed by atoms with Crippen LogP contribution in [0, 0.1) is 0 Å². The first-order valence-corrected chi connectivity index (χ1v) is 1.11. The number of nitrogens with one attached hydrogen (secondary N) is 1. The Labute approximate surface area is 51.0 Å². The third-order valence-corrected chi connectivity index (χ3v) is 0.204. The molecule has 1 N–H and O–H groups in total. The van der Waals surface area contributed by atoms with Gasteiger partial charge in [-0.3, -0.25) is 0 Å². The van der Waals surface area contributed by atoms with E-state index >= 15 is 0 Å². The Balaban J connectivity index is -0.0000000150. The molecule has 3 heteroatoms. The van der Waals surface area contributed by atoms with Gasteiger partial charge in [0.15, 0.2) is 0 Å². The number of hydrogen-bond donors (Lipinski definition) is 1. The van der Waals surface area contributed by atoms with Crippen LogP contribution in [0.25, 0.3) is 0 Å². The monoisotopic (exact) mass is 87.1 g/mol. The van der Waals surface area contributed by atoms with Crippen molar-refractivity contribution in [2.75, 3.05) is 14.2 Å². The molecule has 0 saturated heterocycles. The smallest absolute Gasteiger partial charge is 1.00 e. The maximum absolute atomic E-state index is 4.29. The Morgan fingerprint density at radius 1 is 1.80 bits per heavy atom. The normalized spacial score (nSPS) is 6.00. The van der Waals surface area contributed by atoms with Crippen molar-refractivity contribution in [3.8, 4) is 0 Å². The minimum Gasteiger partial charge on any atom is -1.00 e. The molecule has 0 rings (SSSR count). The van der Waals surface area contributed by atoms with Crippen LogP contribution in [0.2, 0.25) is 0 Å². The first-order chi connectivity index (χ1) is 1.91. The summed E-state index contributed by atoms with van der Waals surface area (Å²) in [4.78, 5) is 4.29. The molecule has 5 heavy (non-hydrogen) atoms. The zero-order valence-corrected chi connectivity index (χ0v) is 5.03. The summed E-state index contributed by atoms with van der Waals surface area (Å²) in [6, 6.07) is 0. The Morgan fingerprint density at radius 3 is 2.00 bits per heavy atom. The zero-order valence-electron chi connectivity index (χ0n) is 5.62. The molecule has 0 aliphatic carbocycles. The van der Waals surface area contributed by atoms with Crippen LogP contribution in [0.15, 0.2) is 0 Å². The van der Waals surface area contributed by atoms with Crippen LogP contribution < -0.4 is 5.48 Å². The summed E-state index contributed by atoms with van der Waals surface area (Å²) in [5, 5.41) is 0. The third-order valence-electron chi connectivity index (χ3n) is 0.204. The average Bonchev–Trinajstić information content (AvgIpc) is 1.37. The molecular weight excluding hydrogens is 78.3 g/mol. The second-order valence-electron chi connectivity index (χ2n) is 0.408. The zero-order chi connectivity index (χ0) is 3.41. The fourth-order valence-corrected chi connectivity index (χ4v) is 0. The standard InChI is InChI=1S/C2H7NO.Mg.2H/c1-3-4-2;;;/h3H,1-2H3;;;/q;+2;2*-1. The topological polar surface area (TPSA) is 21.3 Å². The molecule has 0 bridgehead atoms. The fourth-order valence-electron chi connectivity index (χ4n) is 0. The molecule has 0 radical (unpaired) electrons. The average molecular weight is 87.4 g/mol. The van der Waals surface area contributed by atoms with E-state index in [-0.39, 0.29) is 25.9 Å². The van der Waals surface area contributed by atoms with Crippen molar-refractivity contribution >= 4 is 23.1 Å². The SMILES string of the molecule is CNOC.[H-].[H-].[Mg+2].